The standard InChI is InChI=1S/C29H23FN2O3S/c30-26-18-24(13-14-25(26)21-10-8-20(19-31)9-11-21)36-29(34)7-3-1-2-6-28(33)35-23-12-15-27-22(17-23)5-4-16-32-27/h4-5,8-18H,1-3,6-7H2. The number of halogens is 1. The van der Waals surface area contributed by atoms with Gasteiger partial charge in [-0.05, 0) is 66.9 Å². The van der Waals surface area contributed by atoms with Gasteiger partial charge >= 0.3 is 5.97 Å². The molecule has 0 aliphatic heterocycles. The van der Waals surface area contributed by atoms with E-state index in [0.717, 1.165) is 29.1 Å². The maximum Gasteiger partial charge on any atom is 0.311 e. The van der Waals surface area contributed by atoms with E-state index in [9.17, 15) is 14.0 Å². The molecular weight excluding hydrogens is 475 g/mol. The zero-order chi connectivity index (χ0) is 25.3. The summed E-state index contributed by atoms with van der Waals surface area (Å²) in [5, 5.41) is 9.75. The molecule has 0 spiro atoms. The lowest BCUT2D eigenvalue weighted by atomic mass is 10.0. The number of unbranched alkanes of at least 4 members (excludes halogenated alkanes) is 2. The predicted octanol–water partition coefficient (Wildman–Crippen LogP) is 7.09. The molecule has 0 unspecified atom stereocenters. The van der Waals surface area contributed by atoms with E-state index in [1.54, 1.807) is 54.7 Å². The van der Waals surface area contributed by atoms with E-state index in [4.69, 9.17) is 10.00 Å². The molecule has 0 saturated carbocycles. The van der Waals surface area contributed by atoms with Crippen molar-refractivity contribution in [2.24, 2.45) is 0 Å². The van der Waals surface area contributed by atoms with E-state index in [-0.39, 0.29) is 17.5 Å². The topological polar surface area (TPSA) is 80.0 Å². The molecule has 5 nitrogen and oxygen atoms in total. The Labute approximate surface area is 212 Å². The summed E-state index contributed by atoms with van der Waals surface area (Å²) in [6.45, 7) is 0. The smallest absolute Gasteiger partial charge is 0.311 e. The summed E-state index contributed by atoms with van der Waals surface area (Å²) in [6, 6.07) is 22.5. The number of benzene rings is 3. The Morgan fingerprint density at radius 2 is 1.75 bits per heavy atom. The quantitative estimate of drug-likeness (QED) is 0.106. The summed E-state index contributed by atoms with van der Waals surface area (Å²) in [5.74, 6) is -0.236. The summed E-state index contributed by atoms with van der Waals surface area (Å²) < 4.78 is 20.0. The van der Waals surface area contributed by atoms with Crippen LogP contribution in [0.15, 0.2) is 83.9 Å². The van der Waals surface area contributed by atoms with Gasteiger partial charge in [0.15, 0.2) is 5.12 Å². The third-order valence-corrected chi connectivity index (χ3v) is 6.49. The zero-order valence-corrected chi connectivity index (χ0v) is 20.3. The van der Waals surface area contributed by atoms with E-state index in [1.807, 2.05) is 24.3 Å². The highest BCUT2D eigenvalue weighted by Gasteiger charge is 2.11. The first-order chi connectivity index (χ1) is 17.5. The van der Waals surface area contributed by atoms with Gasteiger partial charge in [0.1, 0.15) is 11.6 Å². The fourth-order valence-corrected chi connectivity index (χ4v) is 4.52. The van der Waals surface area contributed by atoms with Gasteiger partial charge in [0.25, 0.3) is 0 Å². The number of pyridine rings is 1. The molecule has 0 radical (unpaired) electrons. The number of nitrogens with zero attached hydrogens (tertiary/aromatic N) is 2. The van der Waals surface area contributed by atoms with Crippen LogP contribution in [0, 0.1) is 17.1 Å². The van der Waals surface area contributed by atoms with Gasteiger partial charge in [0.05, 0.1) is 17.1 Å². The number of carbonyl (C=O) groups excluding carboxylic acids is 2. The van der Waals surface area contributed by atoms with Crippen molar-refractivity contribution < 1.29 is 18.7 Å². The number of ether oxygens (including phenoxy) is 1. The summed E-state index contributed by atoms with van der Waals surface area (Å²) in [6.07, 6.45) is 4.32. The van der Waals surface area contributed by atoms with Crippen LogP contribution < -0.4 is 4.74 Å². The second-order valence-corrected chi connectivity index (χ2v) is 9.33. The number of fused-ring (bicyclic) bond motifs is 1. The lowest BCUT2D eigenvalue weighted by molar-refractivity contribution is -0.134. The van der Waals surface area contributed by atoms with Gasteiger partial charge in [-0.3, -0.25) is 14.6 Å². The van der Waals surface area contributed by atoms with Crippen LogP contribution in [0.5, 0.6) is 5.75 Å². The van der Waals surface area contributed by atoms with Crippen molar-refractivity contribution in [3.05, 3.63) is 90.4 Å². The summed E-state index contributed by atoms with van der Waals surface area (Å²) in [7, 11) is 0. The first-order valence-electron chi connectivity index (χ1n) is 11.6. The molecule has 0 bridgehead atoms. The molecule has 4 rings (SSSR count). The number of nitriles is 1. The van der Waals surface area contributed by atoms with Crippen molar-refractivity contribution >= 4 is 33.7 Å². The van der Waals surface area contributed by atoms with Gasteiger partial charge in [0, 0.05) is 34.9 Å². The lowest BCUT2D eigenvalue weighted by Gasteiger charge is -2.07. The third kappa shape index (κ3) is 6.77. The average Bonchev–Trinajstić information content (AvgIpc) is 2.88. The van der Waals surface area contributed by atoms with E-state index < -0.39 is 5.82 Å². The molecule has 0 amide bonds. The number of carbonyl (C=O) groups is 2. The highest BCUT2D eigenvalue weighted by atomic mass is 32.2. The molecule has 0 saturated heterocycles. The molecule has 7 heteroatoms. The Balaban J connectivity index is 1.17. The van der Waals surface area contributed by atoms with Crippen molar-refractivity contribution in [3.8, 4) is 22.9 Å². The molecule has 0 atom stereocenters. The van der Waals surface area contributed by atoms with Crippen molar-refractivity contribution in [3.63, 3.8) is 0 Å². The molecule has 0 fully saturated rings. The number of esters is 1. The van der Waals surface area contributed by atoms with Crippen LogP contribution in [-0.2, 0) is 9.59 Å². The number of hydrogen-bond acceptors (Lipinski definition) is 6. The SMILES string of the molecule is N#Cc1ccc(-c2ccc(SC(=O)CCCCCC(=O)Oc3ccc4ncccc4c3)cc2F)cc1. The minimum Gasteiger partial charge on any atom is -0.427 e. The van der Waals surface area contributed by atoms with E-state index in [1.165, 1.54) is 6.07 Å². The predicted molar refractivity (Wildman–Crippen MR) is 138 cm³/mol. The Bertz CT molecular complexity index is 1430. The Hall–Kier alpha value is -4.02. The number of hydrogen-bond donors (Lipinski definition) is 0. The molecule has 36 heavy (non-hydrogen) atoms. The Morgan fingerprint density at radius 1 is 0.944 bits per heavy atom. The summed E-state index contributed by atoms with van der Waals surface area (Å²) in [5.41, 5.74) is 2.44. The average molecular weight is 499 g/mol. The molecule has 1 heterocycles. The first-order valence-corrected chi connectivity index (χ1v) is 12.4. The van der Waals surface area contributed by atoms with Gasteiger partial charge in [0.2, 0.25) is 0 Å². The molecule has 180 valence electrons. The van der Waals surface area contributed by atoms with Crippen LogP contribution in [0.2, 0.25) is 0 Å². The largest absolute Gasteiger partial charge is 0.427 e. The lowest BCUT2D eigenvalue weighted by Crippen LogP contribution is -2.07. The number of rotatable bonds is 9. The van der Waals surface area contributed by atoms with Crippen LogP contribution in [0.3, 0.4) is 0 Å². The Morgan fingerprint density at radius 3 is 2.53 bits per heavy atom. The van der Waals surface area contributed by atoms with Gasteiger partial charge in [-0.2, -0.15) is 5.26 Å². The molecule has 1 aromatic heterocycles. The molecular formula is C29H23FN2O3S. The minimum absolute atomic E-state index is 0.0483. The second-order valence-electron chi connectivity index (χ2n) is 8.20. The van der Waals surface area contributed by atoms with Crippen molar-refractivity contribution in [2.75, 3.05) is 0 Å². The van der Waals surface area contributed by atoms with Crippen LogP contribution in [0.25, 0.3) is 22.0 Å². The van der Waals surface area contributed by atoms with E-state index in [0.29, 0.717) is 46.6 Å². The molecule has 0 N–H and O–H groups in total. The molecule has 0 aliphatic rings. The van der Waals surface area contributed by atoms with Crippen LogP contribution in [0.4, 0.5) is 4.39 Å². The van der Waals surface area contributed by atoms with Gasteiger partial charge in [-0.25, -0.2) is 4.39 Å². The second kappa shape index (κ2) is 12.1. The van der Waals surface area contributed by atoms with Gasteiger partial charge < -0.3 is 4.74 Å². The highest BCUT2D eigenvalue weighted by Crippen LogP contribution is 2.29. The fourth-order valence-electron chi connectivity index (χ4n) is 3.72. The first kappa shape index (κ1) is 25.1. The highest BCUT2D eigenvalue weighted by molar-refractivity contribution is 8.13. The van der Waals surface area contributed by atoms with E-state index in [2.05, 4.69) is 4.98 Å². The Kier molecular flexibility index (Phi) is 8.43. The van der Waals surface area contributed by atoms with Crippen molar-refractivity contribution in [1.29, 1.82) is 5.26 Å². The summed E-state index contributed by atoms with van der Waals surface area (Å²) in [4.78, 5) is 29.2. The molecule has 0 aliphatic carbocycles. The number of aromatic nitrogens is 1. The van der Waals surface area contributed by atoms with Crippen molar-refractivity contribution in [2.45, 2.75) is 37.0 Å². The van der Waals surface area contributed by atoms with Crippen molar-refractivity contribution in [1.82, 2.24) is 4.98 Å². The molecule has 3 aromatic carbocycles. The van der Waals surface area contributed by atoms with Crippen LogP contribution >= 0.6 is 11.8 Å². The monoisotopic (exact) mass is 498 g/mol. The van der Waals surface area contributed by atoms with Gasteiger partial charge in [-0.1, -0.05) is 42.4 Å². The number of thioether (sulfide) groups is 1. The maximum absolute atomic E-state index is 14.6. The third-order valence-electron chi connectivity index (χ3n) is 5.57. The minimum atomic E-state index is -0.418. The van der Waals surface area contributed by atoms with Crippen LogP contribution in [0.1, 0.15) is 37.7 Å². The summed E-state index contributed by atoms with van der Waals surface area (Å²) >= 11 is 1.02. The maximum atomic E-state index is 14.6. The van der Waals surface area contributed by atoms with E-state index >= 15 is 0 Å². The zero-order valence-electron chi connectivity index (χ0n) is 19.4. The van der Waals surface area contributed by atoms with Gasteiger partial charge in [-0.15, -0.1) is 0 Å². The van der Waals surface area contributed by atoms with Crippen LogP contribution in [-0.4, -0.2) is 16.1 Å². The molecule has 4 aromatic rings. The fraction of sp³-hybridized carbons (Fsp3) is 0.172. The normalized spacial score (nSPS) is 10.7.